The second-order valence-corrected chi connectivity index (χ2v) is 6.79. The lowest BCUT2D eigenvalue weighted by atomic mass is 10.1. The van der Waals surface area contributed by atoms with Gasteiger partial charge in [0.25, 0.3) is 0 Å². The van der Waals surface area contributed by atoms with E-state index in [0.29, 0.717) is 6.61 Å². The van der Waals surface area contributed by atoms with E-state index >= 15 is 0 Å². The number of rotatable bonds is 6. The average Bonchev–Trinajstić information content (AvgIpc) is 2.45. The highest BCUT2D eigenvalue weighted by Gasteiger charge is 2.17. The summed E-state index contributed by atoms with van der Waals surface area (Å²) in [5.74, 6) is 0. The molecule has 1 heterocycles. The largest absolute Gasteiger partial charge is 0.377 e. The van der Waals surface area contributed by atoms with Crippen molar-refractivity contribution >= 4 is 21.6 Å². The third-order valence-corrected chi connectivity index (χ3v) is 5.12. The van der Waals surface area contributed by atoms with Crippen LogP contribution in [0.4, 0.5) is 0 Å². The van der Waals surface area contributed by atoms with Crippen LogP contribution >= 0.6 is 11.6 Å². The van der Waals surface area contributed by atoms with E-state index in [2.05, 4.69) is 10.0 Å². The molecule has 0 unspecified atom stereocenters. The first kappa shape index (κ1) is 15.7. The Labute approximate surface area is 124 Å². The minimum absolute atomic E-state index is 0.100. The Morgan fingerprint density at radius 2 is 2.00 bits per heavy atom. The first-order valence-corrected chi connectivity index (χ1v) is 8.52. The molecule has 0 radical (unpaired) electrons. The van der Waals surface area contributed by atoms with Crippen LogP contribution in [-0.2, 0) is 14.8 Å². The first-order valence-electron chi connectivity index (χ1n) is 6.66. The predicted octanol–water partition coefficient (Wildman–Crippen LogP) is 1.39. The maximum atomic E-state index is 12.0. The number of sulfonamides is 1. The normalized spacial score (nSPS) is 17.2. The molecule has 0 aromatic heterocycles. The Kier molecular flexibility index (Phi) is 5.80. The molecule has 112 valence electrons. The number of ether oxygens (including phenoxy) is 1. The number of benzene rings is 1. The summed E-state index contributed by atoms with van der Waals surface area (Å²) in [6, 6.07) is 6.38. The highest BCUT2D eigenvalue weighted by molar-refractivity contribution is 7.89. The van der Waals surface area contributed by atoms with Gasteiger partial charge in [-0.05, 0) is 38.1 Å². The van der Waals surface area contributed by atoms with Gasteiger partial charge in [-0.25, -0.2) is 13.1 Å². The van der Waals surface area contributed by atoms with Crippen molar-refractivity contribution in [1.29, 1.82) is 0 Å². The predicted molar refractivity (Wildman–Crippen MR) is 78.5 cm³/mol. The van der Waals surface area contributed by atoms with Gasteiger partial charge in [-0.15, -0.1) is 0 Å². The highest BCUT2D eigenvalue weighted by atomic mass is 35.5. The van der Waals surface area contributed by atoms with Crippen molar-refractivity contribution in [2.45, 2.75) is 23.8 Å². The number of halogens is 1. The second-order valence-electron chi connectivity index (χ2n) is 4.65. The van der Waals surface area contributed by atoms with Gasteiger partial charge in [0.2, 0.25) is 10.0 Å². The molecule has 0 atom stereocenters. The molecule has 1 aliphatic rings. The van der Waals surface area contributed by atoms with Crippen LogP contribution in [0.5, 0.6) is 0 Å². The van der Waals surface area contributed by atoms with Crippen molar-refractivity contribution in [3.05, 3.63) is 29.3 Å². The molecule has 1 fully saturated rings. The maximum absolute atomic E-state index is 12.0. The third-order valence-electron chi connectivity index (χ3n) is 3.16. The van der Waals surface area contributed by atoms with Crippen LogP contribution < -0.4 is 10.0 Å². The Hall–Kier alpha value is -0.660. The van der Waals surface area contributed by atoms with Gasteiger partial charge in [0.1, 0.15) is 4.90 Å². The zero-order valence-electron chi connectivity index (χ0n) is 11.1. The zero-order chi connectivity index (χ0) is 14.4. The molecule has 0 spiro atoms. The third kappa shape index (κ3) is 4.43. The van der Waals surface area contributed by atoms with Crippen LogP contribution in [-0.4, -0.2) is 40.8 Å². The monoisotopic (exact) mass is 318 g/mol. The van der Waals surface area contributed by atoms with E-state index < -0.39 is 10.0 Å². The Morgan fingerprint density at radius 1 is 1.30 bits per heavy atom. The molecule has 7 heteroatoms. The quantitative estimate of drug-likeness (QED) is 0.778. The average molecular weight is 319 g/mol. The van der Waals surface area contributed by atoms with E-state index in [-0.39, 0.29) is 22.6 Å². The van der Waals surface area contributed by atoms with Crippen LogP contribution in [0.3, 0.4) is 0 Å². The first-order chi connectivity index (χ1) is 9.59. The van der Waals surface area contributed by atoms with Crippen molar-refractivity contribution in [2.75, 3.05) is 26.2 Å². The van der Waals surface area contributed by atoms with Crippen molar-refractivity contribution in [1.82, 2.24) is 10.0 Å². The molecule has 2 N–H and O–H groups in total. The van der Waals surface area contributed by atoms with Crippen LogP contribution in [0.1, 0.15) is 12.8 Å². The summed E-state index contributed by atoms with van der Waals surface area (Å²) in [7, 11) is -3.57. The summed E-state index contributed by atoms with van der Waals surface area (Å²) in [6.45, 7) is 2.53. The van der Waals surface area contributed by atoms with E-state index in [4.69, 9.17) is 16.3 Å². The molecule has 5 nitrogen and oxygen atoms in total. The van der Waals surface area contributed by atoms with Gasteiger partial charge in [0.05, 0.1) is 17.7 Å². The summed E-state index contributed by atoms with van der Waals surface area (Å²) in [5, 5.41) is 3.47. The van der Waals surface area contributed by atoms with Gasteiger partial charge in [-0.1, -0.05) is 23.7 Å². The van der Waals surface area contributed by atoms with Gasteiger partial charge in [-0.2, -0.15) is 0 Å². The fourth-order valence-corrected chi connectivity index (χ4v) is 3.63. The van der Waals surface area contributed by atoms with Crippen LogP contribution in [0, 0.1) is 0 Å². The van der Waals surface area contributed by atoms with Crippen molar-refractivity contribution in [2.24, 2.45) is 0 Å². The molecule has 0 amide bonds. The van der Waals surface area contributed by atoms with Gasteiger partial charge in [-0.3, -0.25) is 0 Å². The van der Waals surface area contributed by atoms with Gasteiger partial charge >= 0.3 is 0 Å². The van der Waals surface area contributed by atoms with E-state index in [1.54, 1.807) is 18.2 Å². The lowest BCUT2D eigenvalue weighted by Gasteiger charge is -2.22. The van der Waals surface area contributed by atoms with E-state index in [1.165, 1.54) is 6.07 Å². The molecule has 0 bridgehead atoms. The summed E-state index contributed by atoms with van der Waals surface area (Å²) >= 11 is 5.89. The minimum atomic E-state index is -3.57. The molecule has 2 rings (SSSR count). The molecule has 1 aromatic rings. The number of hydrogen-bond donors (Lipinski definition) is 2. The van der Waals surface area contributed by atoms with E-state index in [9.17, 15) is 8.42 Å². The molecule has 20 heavy (non-hydrogen) atoms. The highest BCUT2D eigenvalue weighted by Crippen LogP contribution is 2.19. The van der Waals surface area contributed by atoms with E-state index in [1.807, 2.05) is 0 Å². The lowest BCUT2D eigenvalue weighted by molar-refractivity contribution is 0.0367. The lowest BCUT2D eigenvalue weighted by Crippen LogP contribution is -2.34. The SMILES string of the molecule is O=S(=O)(NCCOC1CCNCC1)c1ccccc1Cl. The molecule has 1 aromatic carbocycles. The fourth-order valence-electron chi connectivity index (χ4n) is 2.10. The Morgan fingerprint density at radius 3 is 2.70 bits per heavy atom. The standard InChI is InChI=1S/C13H19ClN2O3S/c14-12-3-1-2-4-13(12)20(17,18)16-9-10-19-11-5-7-15-8-6-11/h1-4,11,15-16H,5-10H2. The molecule has 0 aliphatic carbocycles. The molecular weight excluding hydrogens is 300 g/mol. The molecular formula is C13H19ClN2O3S. The van der Waals surface area contributed by atoms with Gasteiger partial charge < -0.3 is 10.1 Å². The molecule has 0 saturated carbocycles. The van der Waals surface area contributed by atoms with Crippen LogP contribution in [0.15, 0.2) is 29.2 Å². The van der Waals surface area contributed by atoms with Crippen molar-refractivity contribution < 1.29 is 13.2 Å². The summed E-state index contributed by atoms with van der Waals surface area (Å²) in [6.07, 6.45) is 2.16. The number of piperidine rings is 1. The topological polar surface area (TPSA) is 67.4 Å². The summed E-state index contributed by atoms with van der Waals surface area (Å²) < 4.78 is 32.2. The smallest absolute Gasteiger partial charge is 0.242 e. The minimum Gasteiger partial charge on any atom is -0.377 e. The summed E-state index contributed by atoms with van der Waals surface area (Å²) in [5.41, 5.74) is 0. The second kappa shape index (κ2) is 7.38. The van der Waals surface area contributed by atoms with Gasteiger partial charge in [0.15, 0.2) is 0 Å². The molecule has 1 aliphatic heterocycles. The maximum Gasteiger partial charge on any atom is 0.242 e. The van der Waals surface area contributed by atoms with Crippen LogP contribution in [0.2, 0.25) is 5.02 Å². The summed E-state index contributed by atoms with van der Waals surface area (Å²) in [4.78, 5) is 0.100. The zero-order valence-corrected chi connectivity index (χ0v) is 12.7. The van der Waals surface area contributed by atoms with E-state index in [0.717, 1.165) is 25.9 Å². The fraction of sp³-hybridized carbons (Fsp3) is 0.538. The Balaban J connectivity index is 1.79. The van der Waals surface area contributed by atoms with Crippen LogP contribution in [0.25, 0.3) is 0 Å². The van der Waals surface area contributed by atoms with Crippen molar-refractivity contribution in [3.8, 4) is 0 Å². The number of hydrogen-bond acceptors (Lipinski definition) is 4. The molecule has 1 saturated heterocycles. The van der Waals surface area contributed by atoms with Gasteiger partial charge in [0, 0.05) is 6.54 Å². The Bertz CT molecular complexity index is 530. The van der Waals surface area contributed by atoms with Crippen molar-refractivity contribution in [3.63, 3.8) is 0 Å². The number of nitrogens with one attached hydrogen (secondary N) is 2.